The van der Waals surface area contributed by atoms with E-state index in [1.54, 1.807) is 6.08 Å². The molecule has 0 unspecified atom stereocenters. The van der Waals surface area contributed by atoms with Gasteiger partial charge in [0.25, 0.3) is 0 Å². The summed E-state index contributed by atoms with van der Waals surface area (Å²) in [5, 5.41) is 0. The first-order chi connectivity index (χ1) is 4.93. The van der Waals surface area contributed by atoms with Crippen molar-refractivity contribution >= 4 is 0 Å². The summed E-state index contributed by atoms with van der Waals surface area (Å²) in [6.07, 6.45) is 14.7. The second kappa shape index (κ2) is 3.89. The molecule has 0 aliphatic heterocycles. The topological polar surface area (TPSA) is 0 Å². The van der Waals surface area contributed by atoms with Crippen LogP contribution in [-0.4, -0.2) is 0 Å². The largest absolute Gasteiger partial charge is 0.0991 e. The van der Waals surface area contributed by atoms with Gasteiger partial charge >= 0.3 is 0 Å². The molecule has 0 saturated heterocycles. The van der Waals surface area contributed by atoms with Crippen LogP contribution in [0.5, 0.6) is 0 Å². The van der Waals surface area contributed by atoms with Gasteiger partial charge in [-0.2, -0.15) is 0 Å². The number of hydrogen-bond donors (Lipinski definition) is 0. The standard InChI is InChI=1S/C10H12/c1-2-3-7-10-8-5-4-6-9-10/h2-5,7,9H,1,6,8H2/b7-3-. The molecule has 0 N–H and O–H groups in total. The van der Waals surface area contributed by atoms with E-state index in [1.807, 2.05) is 6.08 Å². The van der Waals surface area contributed by atoms with Crippen molar-refractivity contribution in [3.63, 3.8) is 0 Å². The van der Waals surface area contributed by atoms with Gasteiger partial charge in [0.1, 0.15) is 0 Å². The zero-order valence-electron chi connectivity index (χ0n) is 6.09. The second-order valence-electron chi connectivity index (χ2n) is 2.29. The normalized spacial score (nSPS) is 17.4. The SMILES string of the molecule is C=C/C=C\C1=CCC=CC1. The average Bonchev–Trinajstić information content (AvgIpc) is 2.03. The Hall–Kier alpha value is -1.04. The molecule has 0 heterocycles. The van der Waals surface area contributed by atoms with E-state index in [1.165, 1.54) is 5.57 Å². The highest BCUT2D eigenvalue weighted by atomic mass is 14.0. The van der Waals surface area contributed by atoms with Crippen molar-refractivity contribution in [1.82, 2.24) is 0 Å². The molecule has 0 spiro atoms. The summed E-state index contributed by atoms with van der Waals surface area (Å²) < 4.78 is 0. The molecule has 0 nitrogen and oxygen atoms in total. The maximum Gasteiger partial charge on any atom is -0.0100 e. The van der Waals surface area contributed by atoms with Gasteiger partial charge in [0.2, 0.25) is 0 Å². The molecule has 1 aliphatic rings. The third-order valence-electron chi connectivity index (χ3n) is 1.48. The lowest BCUT2D eigenvalue weighted by Crippen LogP contribution is -1.80. The Balaban J connectivity index is 2.48. The first kappa shape index (κ1) is 7.07. The summed E-state index contributed by atoms with van der Waals surface area (Å²) in [6.45, 7) is 3.61. The predicted molar refractivity (Wildman–Crippen MR) is 45.8 cm³/mol. The smallest absolute Gasteiger partial charge is 0.0100 e. The van der Waals surface area contributed by atoms with Crippen LogP contribution < -0.4 is 0 Å². The summed E-state index contributed by atoms with van der Waals surface area (Å²) >= 11 is 0. The minimum absolute atomic E-state index is 1.07. The lowest BCUT2D eigenvalue weighted by molar-refractivity contribution is 1.17. The lowest BCUT2D eigenvalue weighted by Gasteiger charge is -2.00. The highest BCUT2D eigenvalue weighted by Crippen LogP contribution is 2.11. The Morgan fingerprint density at radius 1 is 1.40 bits per heavy atom. The summed E-state index contributed by atoms with van der Waals surface area (Å²) in [7, 11) is 0. The first-order valence-corrected chi connectivity index (χ1v) is 3.56. The summed E-state index contributed by atoms with van der Waals surface area (Å²) in [4.78, 5) is 0. The number of hydrogen-bond acceptors (Lipinski definition) is 0. The van der Waals surface area contributed by atoms with E-state index in [2.05, 4.69) is 30.9 Å². The first-order valence-electron chi connectivity index (χ1n) is 3.56. The van der Waals surface area contributed by atoms with E-state index in [0.29, 0.717) is 0 Å². The van der Waals surface area contributed by atoms with E-state index >= 15 is 0 Å². The molecule has 0 aromatic rings. The molecule has 0 fully saturated rings. The fourth-order valence-electron chi connectivity index (χ4n) is 0.946. The van der Waals surface area contributed by atoms with Crippen molar-refractivity contribution in [1.29, 1.82) is 0 Å². The highest BCUT2D eigenvalue weighted by molar-refractivity contribution is 5.27. The molecule has 0 saturated carbocycles. The summed E-state index contributed by atoms with van der Waals surface area (Å²) in [5.74, 6) is 0. The van der Waals surface area contributed by atoms with Gasteiger partial charge in [0.15, 0.2) is 0 Å². The Morgan fingerprint density at radius 2 is 2.30 bits per heavy atom. The van der Waals surface area contributed by atoms with Crippen LogP contribution in [0.4, 0.5) is 0 Å². The summed E-state index contributed by atoms with van der Waals surface area (Å²) in [6, 6.07) is 0. The van der Waals surface area contributed by atoms with Gasteiger partial charge in [-0.3, -0.25) is 0 Å². The van der Waals surface area contributed by atoms with Crippen molar-refractivity contribution < 1.29 is 0 Å². The fourth-order valence-corrected chi connectivity index (χ4v) is 0.946. The van der Waals surface area contributed by atoms with Crippen LogP contribution in [0.15, 0.2) is 48.6 Å². The van der Waals surface area contributed by atoms with E-state index in [0.717, 1.165) is 12.8 Å². The Bertz CT molecular complexity index is 189. The molecule has 0 heteroatoms. The molecule has 1 rings (SSSR count). The lowest BCUT2D eigenvalue weighted by atomic mass is 10.1. The summed E-state index contributed by atoms with van der Waals surface area (Å²) in [5.41, 5.74) is 1.39. The maximum atomic E-state index is 3.61. The molecule has 1 aliphatic carbocycles. The minimum Gasteiger partial charge on any atom is -0.0991 e. The molecule has 0 aromatic carbocycles. The van der Waals surface area contributed by atoms with Crippen molar-refractivity contribution in [3.05, 3.63) is 48.6 Å². The van der Waals surface area contributed by atoms with Gasteiger partial charge < -0.3 is 0 Å². The molecule has 0 atom stereocenters. The van der Waals surface area contributed by atoms with Crippen molar-refractivity contribution in [2.45, 2.75) is 12.8 Å². The average molecular weight is 132 g/mol. The highest BCUT2D eigenvalue weighted by Gasteiger charge is 1.91. The second-order valence-corrected chi connectivity index (χ2v) is 2.29. The Labute approximate surface area is 62.3 Å². The van der Waals surface area contributed by atoms with Crippen molar-refractivity contribution in [3.8, 4) is 0 Å². The Morgan fingerprint density at radius 3 is 2.90 bits per heavy atom. The number of rotatable bonds is 2. The van der Waals surface area contributed by atoms with Gasteiger partial charge in [-0.15, -0.1) is 0 Å². The van der Waals surface area contributed by atoms with Crippen LogP contribution in [0.1, 0.15) is 12.8 Å². The Kier molecular flexibility index (Phi) is 2.75. The van der Waals surface area contributed by atoms with Crippen molar-refractivity contribution in [2.75, 3.05) is 0 Å². The molecular weight excluding hydrogens is 120 g/mol. The molecule has 0 bridgehead atoms. The van der Waals surface area contributed by atoms with Crippen LogP contribution in [-0.2, 0) is 0 Å². The molecule has 52 valence electrons. The van der Waals surface area contributed by atoms with Crippen LogP contribution in [0.2, 0.25) is 0 Å². The van der Waals surface area contributed by atoms with Gasteiger partial charge in [0.05, 0.1) is 0 Å². The molecule has 0 amide bonds. The van der Waals surface area contributed by atoms with E-state index in [4.69, 9.17) is 0 Å². The van der Waals surface area contributed by atoms with Crippen molar-refractivity contribution in [2.24, 2.45) is 0 Å². The maximum absolute atomic E-state index is 3.61. The van der Waals surface area contributed by atoms with Gasteiger partial charge in [-0.05, 0) is 18.4 Å². The number of allylic oxidation sites excluding steroid dienone is 7. The molecular formula is C10H12. The predicted octanol–water partition coefficient (Wildman–Crippen LogP) is 3.01. The van der Waals surface area contributed by atoms with Gasteiger partial charge in [0, 0.05) is 0 Å². The minimum atomic E-state index is 1.07. The van der Waals surface area contributed by atoms with Crippen LogP contribution >= 0.6 is 0 Å². The quantitative estimate of drug-likeness (QED) is 0.400. The molecule has 10 heavy (non-hydrogen) atoms. The van der Waals surface area contributed by atoms with Gasteiger partial charge in [-0.25, -0.2) is 0 Å². The van der Waals surface area contributed by atoms with Crippen LogP contribution in [0.25, 0.3) is 0 Å². The van der Waals surface area contributed by atoms with E-state index < -0.39 is 0 Å². The van der Waals surface area contributed by atoms with Crippen LogP contribution in [0, 0.1) is 0 Å². The fraction of sp³-hybridized carbons (Fsp3) is 0.200. The third-order valence-corrected chi connectivity index (χ3v) is 1.48. The van der Waals surface area contributed by atoms with Crippen LogP contribution in [0.3, 0.4) is 0 Å². The van der Waals surface area contributed by atoms with Gasteiger partial charge in [-0.1, -0.05) is 43.0 Å². The van der Waals surface area contributed by atoms with E-state index in [9.17, 15) is 0 Å². The zero-order valence-corrected chi connectivity index (χ0v) is 6.09. The molecule has 0 radical (unpaired) electrons. The van der Waals surface area contributed by atoms with E-state index in [-0.39, 0.29) is 0 Å². The molecule has 0 aromatic heterocycles. The monoisotopic (exact) mass is 132 g/mol. The zero-order chi connectivity index (χ0) is 7.23. The third kappa shape index (κ3) is 2.06.